The third-order valence-corrected chi connectivity index (χ3v) is 11.8. The Morgan fingerprint density at radius 2 is 0.889 bits per heavy atom. The molecule has 0 radical (unpaired) electrons. The van der Waals surface area contributed by atoms with E-state index in [0.717, 1.165) is 38.5 Å². The van der Waals surface area contributed by atoms with Crippen LogP contribution in [0.25, 0.3) is 0 Å². The molecule has 324 valence electrons. The van der Waals surface area contributed by atoms with E-state index in [1.807, 2.05) is 21.1 Å². The predicted octanol–water partition coefficient (Wildman–Crippen LogP) is 13.0. The first-order valence-electron chi connectivity index (χ1n) is 23.4. The van der Waals surface area contributed by atoms with Gasteiger partial charge in [0.15, 0.2) is 0 Å². The third kappa shape index (κ3) is 39.7. The van der Waals surface area contributed by atoms with Crippen LogP contribution in [-0.4, -0.2) is 73.4 Å². The lowest BCUT2D eigenvalue weighted by atomic mass is 10.0. The summed E-state index contributed by atoms with van der Waals surface area (Å²) >= 11 is 0. The van der Waals surface area contributed by atoms with Gasteiger partial charge in [0, 0.05) is 6.42 Å². The van der Waals surface area contributed by atoms with Crippen molar-refractivity contribution in [3.8, 4) is 0 Å². The minimum atomic E-state index is -4.30. The van der Waals surface area contributed by atoms with Crippen LogP contribution in [-0.2, 0) is 18.4 Å². The predicted molar refractivity (Wildman–Crippen MR) is 231 cm³/mol. The largest absolute Gasteiger partial charge is 0.472 e. The van der Waals surface area contributed by atoms with E-state index >= 15 is 0 Å². The highest BCUT2D eigenvalue weighted by atomic mass is 31.2. The highest BCUT2D eigenvalue weighted by Crippen LogP contribution is 2.43. The van der Waals surface area contributed by atoms with Crippen LogP contribution in [0.15, 0.2) is 0 Å². The molecular weight excluding hydrogens is 695 g/mol. The molecular formula is C45H94N2O6P+. The van der Waals surface area contributed by atoms with Crippen molar-refractivity contribution in [3.63, 3.8) is 0 Å². The molecule has 1 unspecified atom stereocenters. The Labute approximate surface area is 336 Å². The summed E-state index contributed by atoms with van der Waals surface area (Å²) in [6.45, 7) is 4.89. The van der Waals surface area contributed by atoms with Gasteiger partial charge < -0.3 is 19.8 Å². The van der Waals surface area contributed by atoms with Crippen LogP contribution in [0, 0.1) is 0 Å². The standard InChI is InChI=1S/C45H93N2O6P/c1-6-8-10-12-14-16-17-18-19-20-21-22-23-24-25-26-27-28-29-31-33-35-37-39-45(49)46-43(42-53-54(50,51)52-41-40-47(3,4)5)44(48)38-36-34-32-30-15-13-11-9-7-2/h43-44,48H,6-42H2,1-5H3,(H-,46,49,50,51)/p+1/t43-,44+/m0/s1. The molecule has 0 aromatic heterocycles. The first-order chi connectivity index (χ1) is 26.0. The summed E-state index contributed by atoms with van der Waals surface area (Å²) in [5.41, 5.74) is 0. The first-order valence-corrected chi connectivity index (χ1v) is 24.9. The number of phosphoric ester groups is 1. The zero-order chi connectivity index (χ0) is 40.0. The Kier molecular flexibility index (Phi) is 37.7. The Morgan fingerprint density at radius 3 is 1.24 bits per heavy atom. The van der Waals surface area contributed by atoms with Crippen LogP contribution in [0.3, 0.4) is 0 Å². The van der Waals surface area contributed by atoms with Gasteiger partial charge in [0.05, 0.1) is 39.9 Å². The molecule has 0 spiro atoms. The molecule has 0 saturated heterocycles. The molecule has 0 saturated carbocycles. The van der Waals surface area contributed by atoms with E-state index in [1.54, 1.807) is 0 Å². The van der Waals surface area contributed by atoms with Crippen LogP contribution in [0.2, 0.25) is 0 Å². The quantitative estimate of drug-likeness (QED) is 0.0323. The summed E-state index contributed by atoms with van der Waals surface area (Å²) < 4.78 is 23.6. The van der Waals surface area contributed by atoms with Gasteiger partial charge in [-0.25, -0.2) is 4.57 Å². The second kappa shape index (κ2) is 38.0. The topological polar surface area (TPSA) is 105 Å². The van der Waals surface area contributed by atoms with Gasteiger partial charge in [0.1, 0.15) is 13.2 Å². The first kappa shape index (κ1) is 53.5. The van der Waals surface area contributed by atoms with Crippen LogP contribution in [0.5, 0.6) is 0 Å². The maximum Gasteiger partial charge on any atom is 0.472 e. The number of hydrogen-bond acceptors (Lipinski definition) is 5. The molecule has 0 aliphatic heterocycles. The lowest BCUT2D eigenvalue weighted by molar-refractivity contribution is -0.870. The van der Waals surface area contributed by atoms with Crippen molar-refractivity contribution in [2.24, 2.45) is 0 Å². The molecule has 3 N–H and O–H groups in total. The number of hydrogen-bond donors (Lipinski definition) is 3. The van der Waals surface area contributed by atoms with Gasteiger partial charge in [-0.1, -0.05) is 213 Å². The summed E-state index contributed by atoms with van der Waals surface area (Å²) in [7, 11) is 1.63. The van der Waals surface area contributed by atoms with Crippen molar-refractivity contribution in [2.75, 3.05) is 40.9 Å². The van der Waals surface area contributed by atoms with Crippen molar-refractivity contribution in [1.29, 1.82) is 0 Å². The number of unbranched alkanes of at least 4 members (excludes halogenated alkanes) is 30. The molecule has 0 rings (SSSR count). The number of carbonyl (C=O) groups excluding carboxylic acids is 1. The second-order valence-corrected chi connectivity index (χ2v) is 19.0. The average molecular weight is 790 g/mol. The number of amides is 1. The minimum absolute atomic E-state index is 0.0782. The molecule has 8 nitrogen and oxygen atoms in total. The molecule has 1 amide bonds. The fraction of sp³-hybridized carbons (Fsp3) is 0.978. The highest BCUT2D eigenvalue weighted by Gasteiger charge is 2.28. The van der Waals surface area contributed by atoms with Gasteiger partial charge in [-0.05, 0) is 12.8 Å². The summed E-state index contributed by atoms with van der Waals surface area (Å²) in [4.78, 5) is 23.1. The van der Waals surface area contributed by atoms with E-state index in [-0.39, 0.29) is 19.1 Å². The van der Waals surface area contributed by atoms with Gasteiger partial charge >= 0.3 is 7.82 Å². The Bertz CT molecular complexity index is 855. The maximum atomic E-state index is 12.9. The summed E-state index contributed by atoms with van der Waals surface area (Å²) in [6.07, 6.45) is 41.5. The van der Waals surface area contributed by atoms with Crippen molar-refractivity contribution >= 4 is 13.7 Å². The van der Waals surface area contributed by atoms with E-state index < -0.39 is 20.0 Å². The van der Waals surface area contributed by atoms with Gasteiger partial charge in [-0.15, -0.1) is 0 Å². The summed E-state index contributed by atoms with van der Waals surface area (Å²) in [6, 6.07) is -0.751. The Hall–Kier alpha value is -0.500. The molecule has 0 aliphatic carbocycles. The van der Waals surface area contributed by atoms with Crippen molar-refractivity contribution in [2.45, 2.75) is 244 Å². The molecule has 9 heteroatoms. The SMILES string of the molecule is CCCCCCCCCCCCCCCCCCCCCCCCCC(=O)N[C@@H](COP(=O)(O)OCC[N+](C)(C)C)[C@H](O)CCCCCCCCCCC. The molecule has 0 heterocycles. The van der Waals surface area contributed by atoms with Crippen LogP contribution in [0.4, 0.5) is 0 Å². The fourth-order valence-corrected chi connectivity index (χ4v) is 7.84. The van der Waals surface area contributed by atoms with Crippen LogP contribution in [0.1, 0.15) is 232 Å². The number of aliphatic hydroxyl groups excluding tert-OH is 1. The number of carbonyl (C=O) groups is 1. The molecule has 54 heavy (non-hydrogen) atoms. The second-order valence-electron chi connectivity index (χ2n) is 17.5. The number of phosphoric acid groups is 1. The number of aliphatic hydroxyl groups is 1. The fourth-order valence-electron chi connectivity index (χ4n) is 7.11. The molecule has 0 fully saturated rings. The molecule has 0 aliphatic rings. The lowest BCUT2D eigenvalue weighted by Crippen LogP contribution is -2.46. The van der Waals surface area contributed by atoms with E-state index in [2.05, 4.69) is 19.2 Å². The molecule has 3 atom stereocenters. The zero-order valence-corrected chi connectivity index (χ0v) is 37.6. The number of likely N-dealkylation sites (N-methyl/N-ethyl adjacent to an activating group) is 1. The molecule has 0 aromatic rings. The van der Waals surface area contributed by atoms with Gasteiger partial charge in [-0.2, -0.15) is 0 Å². The Balaban J connectivity index is 4.09. The van der Waals surface area contributed by atoms with Crippen molar-refractivity contribution in [3.05, 3.63) is 0 Å². The van der Waals surface area contributed by atoms with Gasteiger partial charge in [0.2, 0.25) is 5.91 Å². The highest BCUT2D eigenvalue weighted by molar-refractivity contribution is 7.47. The van der Waals surface area contributed by atoms with Crippen molar-refractivity contribution in [1.82, 2.24) is 5.32 Å². The number of rotatable bonds is 43. The van der Waals surface area contributed by atoms with Gasteiger partial charge in [-0.3, -0.25) is 13.8 Å². The normalized spacial score (nSPS) is 14.3. The van der Waals surface area contributed by atoms with Crippen LogP contribution >= 0.6 is 7.82 Å². The summed E-state index contributed by atoms with van der Waals surface area (Å²) in [5, 5.41) is 13.9. The lowest BCUT2D eigenvalue weighted by Gasteiger charge is -2.26. The smallest absolute Gasteiger partial charge is 0.391 e. The third-order valence-electron chi connectivity index (χ3n) is 10.9. The zero-order valence-electron chi connectivity index (χ0n) is 36.7. The van der Waals surface area contributed by atoms with Crippen molar-refractivity contribution < 1.29 is 32.9 Å². The monoisotopic (exact) mass is 790 g/mol. The molecule has 0 bridgehead atoms. The van der Waals surface area contributed by atoms with Crippen LogP contribution < -0.4 is 5.32 Å². The Morgan fingerprint density at radius 1 is 0.556 bits per heavy atom. The number of nitrogens with one attached hydrogen (secondary N) is 1. The van der Waals surface area contributed by atoms with Gasteiger partial charge in [0.25, 0.3) is 0 Å². The average Bonchev–Trinajstić information content (AvgIpc) is 3.12. The molecule has 0 aromatic carbocycles. The van der Waals surface area contributed by atoms with E-state index in [0.29, 0.717) is 23.9 Å². The van der Waals surface area contributed by atoms with E-state index in [1.165, 1.54) is 167 Å². The van der Waals surface area contributed by atoms with E-state index in [9.17, 15) is 19.4 Å². The summed E-state index contributed by atoms with van der Waals surface area (Å²) in [5.74, 6) is -0.142. The number of nitrogens with zero attached hydrogens (tertiary/aromatic N) is 1. The minimum Gasteiger partial charge on any atom is -0.391 e. The van der Waals surface area contributed by atoms with E-state index in [4.69, 9.17) is 9.05 Å². The maximum absolute atomic E-state index is 12.9. The number of quaternary nitrogens is 1.